The van der Waals surface area contributed by atoms with Gasteiger partial charge in [-0.3, -0.25) is 6.08 Å². The van der Waals surface area contributed by atoms with E-state index in [0.717, 1.165) is 6.42 Å². The summed E-state index contributed by atoms with van der Waals surface area (Å²) < 4.78 is 1.42. The van der Waals surface area contributed by atoms with Crippen molar-refractivity contribution in [2.75, 3.05) is 0 Å². The summed E-state index contributed by atoms with van der Waals surface area (Å²) >= 11 is 1.46. The molecule has 1 atom stereocenters. The molecule has 0 amide bonds. The van der Waals surface area contributed by atoms with Crippen LogP contribution in [0.5, 0.6) is 0 Å². The standard InChI is InChI=1S/C21H25.C13H10.C9H13.2ClH.Zr/c1-20(2,3)16-7-9-18-14(12-16)11-15-13-17(21(4,5)6)8-10-19(15)18;1-3-7-12(8-4-1)11-13-9-5-2-6-10-13;1-3-8-5-6-9(4-2)7-8;;;/h7-13H,1-6H3;1-10H;5-6,8H,3-4H2,1-2H3;2*1H;/q-1;;-1;;;+2. The van der Waals surface area contributed by atoms with Crippen LogP contribution in [-0.2, 0) is 35.1 Å². The Morgan fingerprint density at radius 3 is 1.43 bits per heavy atom. The minimum atomic E-state index is 0. The van der Waals surface area contributed by atoms with Gasteiger partial charge in [0.05, 0.1) is 0 Å². The summed E-state index contributed by atoms with van der Waals surface area (Å²) in [7, 11) is 0. The van der Waals surface area contributed by atoms with Gasteiger partial charge in [-0.2, -0.15) is 6.08 Å². The molecule has 46 heavy (non-hydrogen) atoms. The van der Waals surface area contributed by atoms with E-state index in [1.54, 1.807) is 0 Å². The number of rotatable bonds is 4. The molecule has 3 heteroatoms. The zero-order chi connectivity index (χ0) is 31.9. The van der Waals surface area contributed by atoms with Crippen molar-refractivity contribution in [2.45, 2.75) is 79.1 Å². The number of hydrogen-bond donors (Lipinski definition) is 0. The fourth-order valence-corrected chi connectivity index (χ4v) is 6.18. The number of fused-ring (bicyclic) bond motifs is 3. The van der Waals surface area contributed by atoms with Crippen LogP contribution in [0.15, 0.2) is 121 Å². The first-order valence-electron chi connectivity index (χ1n) is 16.0. The molecular formula is C43H50Cl2Zr. The van der Waals surface area contributed by atoms with Crippen LogP contribution >= 0.6 is 24.8 Å². The molecule has 0 saturated heterocycles. The third-order valence-corrected chi connectivity index (χ3v) is 9.70. The predicted molar refractivity (Wildman–Crippen MR) is 205 cm³/mol. The number of benzene rings is 4. The second kappa shape index (κ2) is 17.6. The van der Waals surface area contributed by atoms with Gasteiger partial charge >= 0.3 is 99.2 Å². The second-order valence-electron chi connectivity index (χ2n) is 13.8. The van der Waals surface area contributed by atoms with Crippen molar-refractivity contribution >= 4 is 49.6 Å². The fourth-order valence-electron chi connectivity index (χ4n) is 5.36. The summed E-state index contributed by atoms with van der Waals surface area (Å²) in [6.07, 6.45) is 10.1. The van der Waals surface area contributed by atoms with Gasteiger partial charge < -0.3 is 0 Å². The van der Waals surface area contributed by atoms with Crippen LogP contribution < -0.4 is 0 Å². The normalized spacial score (nSPS) is 13.9. The van der Waals surface area contributed by atoms with E-state index in [2.05, 4.69) is 177 Å². The SMILES string of the molecule is CC(C)(C)c1ccc2c(c1)[cH-]c1cc(C(C)(C)C)ccc12.CCC1=[C-]C(CC)C=C1.Cl.Cl.[Zr+2]=[C](c1ccccc1)c1ccccc1. The van der Waals surface area contributed by atoms with Gasteiger partial charge in [-0.15, -0.1) is 64.6 Å². The van der Waals surface area contributed by atoms with Gasteiger partial charge in [-0.1, -0.05) is 110 Å². The molecule has 5 aromatic carbocycles. The molecule has 0 aliphatic heterocycles. The Labute approximate surface area is 305 Å². The third kappa shape index (κ3) is 10.5. The zero-order valence-corrected chi connectivity index (χ0v) is 32.9. The van der Waals surface area contributed by atoms with Crippen LogP contribution in [0.1, 0.15) is 90.5 Å². The van der Waals surface area contributed by atoms with Crippen molar-refractivity contribution in [3.05, 3.63) is 149 Å². The van der Waals surface area contributed by atoms with E-state index in [1.807, 2.05) is 0 Å². The second-order valence-corrected chi connectivity index (χ2v) is 15.0. The van der Waals surface area contributed by atoms with Gasteiger partial charge in [0.2, 0.25) is 0 Å². The molecule has 1 aliphatic rings. The monoisotopic (exact) mass is 726 g/mol. The van der Waals surface area contributed by atoms with Gasteiger partial charge in [0, 0.05) is 0 Å². The zero-order valence-electron chi connectivity index (χ0n) is 28.8. The molecule has 240 valence electrons. The minimum absolute atomic E-state index is 0. The first-order valence-corrected chi connectivity index (χ1v) is 17.3. The van der Waals surface area contributed by atoms with E-state index < -0.39 is 0 Å². The van der Waals surface area contributed by atoms with E-state index >= 15 is 0 Å². The van der Waals surface area contributed by atoms with Crippen molar-refractivity contribution in [1.29, 1.82) is 0 Å². The Bertz CT molecular complexity index is 1630. The van der Waals surface area contributed by atoms with Crippen LogP contribution in [0.25, 0.3) is 21.5 Å². The first kappa shape index (κ1) is 39.7. The summed E-state index contributed by atoms with van der Waals surface area (Å²) in [5.74, 6) is 0.611. The molecule has 6 rings (SSSR count). The van der Waals surface area contributed by atoms with Gasteiger partial charge in [-0.25, -0.2) is 11.6 Å². The van der Waals surface area contributed by atoms with Gasteiger partial charge in [0.25, 0.3) is 0 Å². The molecule has 0 saturated carbocycles. The van der Waals surface area contributed by atoms with Crippen molar-refractivity contribution in [3.8, 4) is 0 Å². The Morgan fingerprint density at radius 2 is 1.11 bits per heavy atom. The first-order chi connectivity index (χ1) is 20.9. The predicted octanol–water partition coefficient (Wildman–Crippen LogP) is 12.7. The Kier molecular flexibility index (Phi) is 15.2. The number of hydrogen-bond acceptors (Lipinski definition) is 0. The molecule has 5 aromatic rings. The van der Waals surface area contributed by atoms with Crippen LogP contribution in [0.3, 0.4) is 0 Å². The fraction of sp³-hybridized carbons (Fsp3) is 0.302. The molecule has 0 spiro atoms. The molecular weight excluding hydrogens is 679 g/mol. The van der Waals surface area contributed by atoms with Crippen molar-refractivity contribution in [2.24, 2.45) is 5.92 Å². The molecule has 1 unspecified atom stereocenters. The Balaban J connectivity index is 0.000000256. The Morgan fingerprint density at radius 1 is 0.674 bits per heavy atom. The third-order valence-electron chi connectivity index (χ3n) is 8.28. The topological polar surface area (TPSA) is 0 Å². The quantitative estimate of drug-likeness (QED) is 0.162. The molecule has 0 nitrogen and oxygen atoms in total. The average Bonchev–Trinajstić information content (AvgIpc) is 3.65. The molecule has 0 bridgehead atoms. The van der Waals surface area contributed by atoms with E-state index in [9.17, 15) is 0 Å². The van der Waals surface area contributed by atoms with Gasteiger partial charge in [-0.05, 0) is 10.8 Å². The summed E-state index contributed by atoms with van der Waals surface area (Å²) in [6.45, 7) is 18.0. The van der Waals surface area contributed by atoms with E-state index in [4.69, 9.17) is 0 Å². The molecule has 0 radical (unpaired) electrons. The maximum absolute atomic E-state index is 3.40. The van der Waals surface area contributed by atoms with Crippen molar-refractivity contribution < 1.29 is 24.2 Å². The molecule has 0 heterocycles. The maximum atomic E-state index is 3.40. The van der Waals surface area contributed by atoms with Crippen molar-refractivity contribution in [1.82, 2.24) is 0 Å². The Hall–Kier alpha value is -2.44. The van der Waals surface area contributed by atoms with Crippen LogP contribution in [0, 0.1) is 12.0 Å². The summed E-state index contributed by atoms with van der Waals surface area (Å²) in [6, 6.07) is 37.3. The number of halogens is 2. The average molecular weight is 729 g/mol. The summed E-state index contributed by atoms with van der Waals surface area (Å²) in [5.41, 5.74) is 7.25. The molecule has 0 aromatic heterocycles. The van der Waals surface area contributed by atoms with Gasteiger partial charge in [0.1, 0.15) is 0 Å². The summed E-state index contributed by atoms with van der Waals surface area (Å²) in [4.78, 5) is 0. The van der Waals surface area contributed by atoms with Crippen molar-refractivity contribution in [3.63, 3.8) is 0 Å². The van der Waals surface area contributed by atoms with Gasteiger partial charge in [0.15, 0.2) is 0 Å². The molecule has 0 fully saturated rings. The molecule has 1 aliphatic carbocycles. The van der Waals surface area contributed by atoms with E-state index in [-0.39, 0.29) is 35.6 Å². The number of allylic oxidation sites excluding steroid dienone is 4. The molecule has 0 N–H and O–H groups in total. The van der Waals surface area contributed by atoms with Crippen LogP contribution in [0.4, 0.5) is 0 Å². The van der Waals surface area contributed by atoms with Crippen LogP contribution in [-0.4, -0.2) is 3.21 Å². The van der Waals surface area contributed by atoms with E-state index in [0.29, 0.717) is 5.92 Å². The van der Waals surface area contributed by atoms with Crippen LogP contribution in [0.2, 0.25) is 0 Å². The summed E-state index contributed by atoms with van der Waals surface area (Å²) in [5, 5.41) is 5.48. The van der Waals surface area contributed by atoms with E-state index in [1.165, 1.54) is 83.2 Å².